The zero-order valence-corrected chi connectivity index (χ0v) is 9.18. The molecular formula is C5H15Cl2N3S. The Labute approximate surface area is 85.7 Å². The standard InChI is InChI=1S/C5H13N3S.2ClH/c1-8(2)4-3-7-5(6)9;;/h3-4H2,1-2H3,(H3,6,7,9);2*1H. The normalized spacial score (nSPS) is 10.4. The van der Waals surface area contributed by atoms with E-state index in [0.29, 0.717) is 5.17 Å². The Bertz CT molecular complexity index is 104. The van der Waals surface area contributed by atoms with E-state index in [0.717, 1.165) is 13.1 Å². The minimum absolute atomic E-state index is 0. The van der Waals surface area contributed by atoms with Crippen LogP contribution in [0.15, 0.2) is 4.99 Å². The molecule has 0 spiro atoms. The summed E-state index contributed by atoms with van der Waals surface area (Å²) in [5.74, 6) is 0. The van der Waals surface area contributed by atoms with Gasteiger partial charge < -0.3 is 10.6 Å². The lowest BCUT2D eigenvalue weighted by Gasteiger charge is -2.05. The monoisotopic (exact) mass is 219 g/mol. The summed E-state index contributed by atoms with van der Waals surface area (Å²) < 4.78 is 0. The van der Waals surface area contributed by atoms with Crippen LogP contribution < -0.4 is 5.73 Å². The molecule has 0 radical (unpaired) electrons. The fourth-order valence-corrected chi connectivity index (χ4v) is 0.465. The predicted molar refractivity (Wildman–Crippen MR) is 58.5 cm³/mol. The Morgan fingerprint density at radius 3 is 2.18 bits per heavy atom. The first-order valence-electron chi connectivity index (χ1n) is 2.76. The van der Waals surface area contributed by atoms with E-state index in [4.69, 9.17) is 5.73 Å². The molecule has 70 valence electrons. The summed E-state index contributed by atoms with van der Waals surface area (Å²) in [6, 6.07) is 0. The van der Waals surface area contributed by atoms with Crippen molar-refractivity contribution in [3.05, 3.63) is 0 Å². The van der Waals surface area contributed by atoms with Crippen LogP contribution in [0, 0.1) is 0 Å². The summed E-state index contributed by atoms with van der Waals surface area (Å²) in [6.45, 7) is 1.64. The van der Waals surface area contributed by atoms with Gasteiger partial charge in [-0.25, -0.2) is 0 Å². The molecule has 0 aromatic heterocycles. The number of likely N-dealkylation sites (N-methyl/N-ethyl adjacent to an activating group) is 1. The largest absolute Gasteiger partial charge is 0.379 e. The van der Waals surface area contributed by atoms with Crippen molar-refractivity contribution < 1.29 is 0 Å². The minimum Gasteiger partial charge on any atom is -0.379 e. The van der Waals surface area contributed by atoms with Gasteiger partial charge in [0.1, 0.15) is 0 Å². The van der Waals surface area contributed by atoms with Crippen LogP contribution in [0.3, 0.4) is 0 Å². The maximum absolute atomic E-state index is 5.17. The van der Waals surface area contributed by atoms with Crippen molar-refractivity contribution >= 4 is 42.6 Å². The summed E-state index contributed by atoms with van der Waals surface area (Å²) in [5, 5.41) is 0.358. The highest BCUT2D eigenvalue weighted by Crippen LogP contribution is 1.78. The first kappa shape index (κ1) is 17.4. The molecule has 0 rings (SSSR count). The quantitative estimate of drug-likeness (QED) is 0.416. The zero-order valence-electron chi connectivity index (χ0n) is 6.65. The van der Waals surface area contributed by atoms with Crippen LogP contribution in [0.4, 0.5) is 0 Å². The summed E-state index contributed by atoms with van der Waals surface area (Å²) in [7, 11) is 3.98. The molecular weight excluding hydrogens is 205 g/mol. The first-order chi connectivity index (χ1) is 4.13. The highest BCUT2D eigenvalue weighted by atomic mass is 35.5. The summed E-state index contributed by atoms with van der Waals surface area (Å²) in [6.07, 6.45) is 0. The first-order valence-corrected chi connectivity index (χ1v) is 3.21. The lowest BCUT2D eigenvalue weighted by molar-refractivity contribution is 0.420. The second-order valence-corrected chi connectivity index (χ2v) is 2.50. The average Bonchev–Trinajstić information content (AvgIpc) is 1.63. The summed E-state index contributed by atoms with van der Waals surface area (Å²) in [5.41, 5.74) is 5.17. The third-order valence-electron chi connectivity index (χ3n) is 0.821. The Morgan fingerprint density at radius 1 is 1.45 bits per heavy atom. The molecule has 0 aliphatic heterocycles. The van der Waals surface area contributed by atoms with E-state index in [1.165, 1.54) is 0 Å². The van der Waals surface area contributed by atoms with Crippen LogP contribution >= 0.6 is 37.4 Å². The number of hydrogen-bond acceptors (Lipinski definition) is 2. The topological polar surface area (TPSA) is 41.6 Å². The highest BCUT2D eigenvalue weighted by Gasteiger charge is 1.85. The Hall–Kier alpha value is 0.360. The van der Waals surface area contributed by atoms with E-state index in [-0.39, 0.29) is 24.8 Å². The molecule has 0 atom stereocenters. The van der Waals surface area contributed by atoms with E-state index in [9.17, 15) is 0 Å². The Balaban J connectivity index is -0.000000320. The molecule has 0 amide bonds. The fraction of sp³-hybridized carbons (Fsp3) is 0.800. The van der Waals surface area contributed by atoms with Crippen molar-refractivity contribution in [3.63, 3.8) is 0 Å². The third kappa shape index (κ3) is 17.9. The Kier molecular flexibility index (Phi) is 16.4. The van der Waals surface area contributed by atoms with Crippen molar-refractivity contribution in [2.75, 3.05) is 27.2 Å². The molecule has 0 aromatic carbocycles. The van der Waals surface area contributed by atoms with E-state index < -0.39 is 0 Å². The smallest absolute Gasteiger partial charge is 0.150 e. The van der Waals surface area contributed by atoms with Gasteiger partial charge in [-0.05, 0) is 14.1 Å². The number of halogens is 2. The summed E-state index contributed by atoms with van der Waals surface area (Å²) >= 11 is 3.81. The van der Waals surface area contributed by atoms with Gasteiger partial charge in [-0.1, -0.05) is 0 Å². The maximum Gasteiger partial charge on any atom is 0.150 e. The van der Waals surface area contributed by atoms with Crippen molar-refractivity contribution in [2.45, 2.75) is 0 Å². The van der Waals surface area contributed by atoms with E-state index in [1.54, 1.807) is 0 Å². The van der Waals surface area contributed by atoms with Gasteiger partial charge in [0, 0.05) is 6.54 Å². The van der Waals surface area contributed by atoms with Gasteiger partial charge in [0.25, 0.3) is 0 Å². The number of rotatable bonds is 3. The molecule has 0 saturated heterocycles. The van der Waals surface area contributed by atoms with Crippen LogP contribution in [-0.4, -0.2) is 37.3 Å². The number of hydrogen-bond donors (Lipinski definition) is 2. The molecule has 0 bridgehead atoms. The lowest BCUT2D eigenvalue weighted by Crippen LogP contribution is -2.16. The van der Waals surface area contributed by atoms with Crippen LogP contribution in [0.25, 0.3) is 0 Å². The molecule has 0 aliphatic rings. The molecule has 6 heteroatoms. The second-order valence-electron chi connectivity index (χ2n) is 2.04. The van der Waals surface area contributed by atoms with Crippen LogP contribution in [-0.2, 0) is 0 Å². The molecule has 0 fully saturated rings. The van der Waals surface area contributed by atoms with Gasteiger partial charge in [-0.3, -0.25) is 4.99 Å². The van der Waals surface area contributed by atoms with E-state index in [1.807, 2.05) is 19.0 Å². The molecule has 0 saturated carbocycles. The number of thiol groups is 1. The van der Waals surface area contributed by atoms with Gasteiger partial charge in [-0.2, -0.15) is 0 Å². The average molecular weight is 220 g/mol. The molecule has 2 N–H and O–H groups in total. The van der Waals surface area contributed by atoms with Gasteiger partial charge in [0.2, 0.25) is 0 Å². The predicted octanol–water partition coefficient (Wildman–Crippen LogP) is 0.636. The molecule has 0 aliphatic carbocycles. The Morgan fingerprint density at radius 2 is 1.91 bits per heavy atom. The third-order valence-corrected chi connectivity index (χ3v) is 0.962. The minimum atomic E-state index is 0. The fourth-order valence-electron chi connectivity index (χ4n) is 0.365. The van der Waals surface area contributed by atoms with Gasteiger partial charge in [0.15, 0.2) is 5.17 Å². The van der Waals surface area contributed by atoms with E-state index in [2.05, 4.69) is 17.6 Å². The molecule has 0 unspecified atom stereocenters. The molecule has 11 heavy (non-hydrogen) atoms. The number of nitrogens with two attached hydrogens (primary N) is 1. The van der Waals surface area contributed by atoms with Gasteiger partial charge in [-0.15, -0.1) is 37.4 Å². The van der Waals surface area contributed by atoms with Gasteiger partial charge >= 0.3 is 0 Å². The van der Waals surface area contributed by atoms with Crippen molar-refractivity contribution in [3.8, 4) is 0 Å². The molecule has 0 aromatic rings. The maximum atomic E-state index is 5.17. The van der Waals surface area contributed by atoms with E-state index >= 15 is 0 Å². The second kappa shape index (κ2) is 10.4. The molecule has 0 heterocycles. The van der Waals surface area contributed by atoms with Crippen molar-refractivity contribution in [1.82, 2.24) is 4.90 Å². The van der Waals surface area contributed by atoms with Crippen molar-refractivity contribution in [1.29, 1.82) is 0 Å². The highest BCUT2D eigenvalue weighted by molar-refractivity contribution is 7.96. The van der Waals surface area contributed by atoms with Crippen molar-refractivity contribution in [2.24, 2.45) is 10.7 Å². The SMILES string of the molecule is CN(C)CCN=C(N)S.Cl.Cl. The number of aliphatic imine (C=N–C) groups is 1. The lowest BCUT2D eigenvalue weighted by atomic mass is 10.6. The van der Waals surface area contributed by atoms with Crippen LogP contribution in [0.5, 0.6) is 0 Å². The van der Waals surface area contributed by atoms with Gasteiger partial charge in [0.05, 0.1) is 6.54 Å². The number of amidine groups is 1. The molecule has 3 nitrogen and oxygen atoms in total. The number of nitrogens with zero attached hydrogens (tertiary/aromatic N) is 2. The zero-order chi connectivity index (χ0) is 7.28. The van der Waals surface area contributed by atoms with Crippen LogP contribution in [0.2, 0.25) is 0 Å². The van der Waals surface area contributed by atoms with Crippen LogP contribution in [0.1, 0.15) is 0 Å². The summed E-state index contributed by atoms with van der Waals surface area (Å²) in [4.78, 5) is 5.92.